The summed E-state index contributed by atoms with van der Waals surface area (Å²) in [5, 5.41) is 4.76. The Bertz CT molecular complexity index is 904. The summed E-state index contributed by atoms with van der Waals surface area (Å²) >= 11 is 1.59. The van der Waals surface area contributed by atoms with Gasteiger partial charge in [-0.2, -0.15) is 0 Å². The lowest BCUT2D eigenvalue weighted by Gasteiger charge is -2.00. The van der Waals surface area contributed by atoms with Gasteiger partial charge < -0.3 is 9.15 Å². The third-order valence-electron chi connectivity index (χ3n) is 3.26. The summed E-state index contributed by atoms with van der Waals surface area (Å²) in [7, 11) is 1.63. The Morgan fingerprint density at radius 1 is 1.38 bits per heavy atom. The number of allylic oxidation sites excluding steroid dienone is 1. The first-order valence-corrected chi connectivity index (χ1v) is 7.41. The Labute approximate surface area is 126 Å². The van der Waals surface area contributed by atoms with Crippen molar-refractivity contribution in [2.24, 2.45) is 0 Å². The molecule has 1 aromatic carbocycles. The molecule has 2 aromatic heterocycles. The Morgan fingerprint density at radius 3 is 2.86 bits per heavy atom. The highest BCUT2D eigenvalue weighted by molar-refractivity contribution is 7.10. The fourth-order valence-electron chi connectivity index (χ4n) is 2.19. The highest BCUT2D eigenvalue weighted by atomic mass is 32.1. The molecule has 3 nitrogen and oxygen atoms in total. The minimum atomic E-state index is 0.656. The van der Waals surface area contributed by atoms with E-state index in [9.17, 15) is 0 Å². The maximum Gasteiger partial charge on any atom is 0.176 e. The maximum atomic E-state index is 5.88. The van der Waals surface area contributed by atoms with Gasteiger partial charge in [0.15, 0.2) is 11.2 Å². The van der Waals surface area contributed by atoms with Crippen LogP contribution in [0.4, 0.5) is 0 Å². The Kier molecular flexibility index (Phi) is 3.62. The van der Waals surface area contributed by atoms with Gasteiger partial charge in [-0.25, -0.2) is 4.98 Å². The van der Waals surface area contributed by atoms with Crippen LogP contribution in [-0.4, -0.2) is 12.1 Å². The SMILES string of the molecule is C=c1/c(=C(\C=C(/C)c2nccs2)OC)oc2ccccc12. The van der Waals surface area contributed by atoms with Crippen molar-refractivity contribution < 1.29 is 9.15 Å². The van der Waals surface area contributed by atoms with Crippen molar-refractivity contribution in [2.45, 2.75) is 6.92 Å². The van der Waals surface area contributed by atoms with Gasteiger partial charge in [0.1, 0.15) is 10.6 Å². The second kappa shape index (κ2) is 5.58. The number of benzene rings is 1. The van der Waals surface area contributed by atoms with Crippen molar-refractivity contribution in [3.63, 3.8) is 0 Å². The molecule has 0 fully saturated rings. The second-order valence-corrected chi connectivity index (χ2v) is 5.53. The molecule has 0 N–H and O–H groups in total. The molecule has 106 valence electrons. The van der Waals surface area contributed by atoms with Crippen LogP contribution in [0.1, 0.15) is 11.9 Å². The fraction of sp³-hybridized carbons (Fsp3) is 0.118. The number of rotatable bonds is 3. The van der Waals surface area contributed by atoms with Crippen LogP contribution in [0.15, 0.2) is 46.3 Å². The monoisotopic (exact) mass is 297 g/mol. The van der Waals surface area contributed by atoms with E-state index < -0.39 is 0 Å². The normalized spacial score (nSPS) is 13.5. The summed E-state index contributed by atoms with van der Waals surface area (Å²) < 4.78 is 11.4. The molecule has 3 rings (SSSR count). The van der Waals surface area contributed by atoms with Crippen LogP contribution in [0, 0.1) is 0 Å². The molecule has 0 spiro atoms. The summed E-state index contributed by atoms with van der Waals surface area (Å²) in [6, 6.07) is 7.84. The fourth-order valence-corrected chi connectivity index (χ4v) is 2.81. The van der Waals surface area contributed by atoms with E-state index in [-0.39, 0.29) is 0 Å². The van der Waals surface area contributed by atoms with Crippen LogP contribution >= 0.6 is 11.3 Å². The smallest absolute Gasteiger partial charge is 0.176 e. The second-order valence-electron chi connectivity index (χ2n) is 4.64. The molecule has 3 aromatic rings. The lowest BCUT2D eigenvalue weighted by atomic mass is 10.2. The highest BCUT2D eigenvalue weighted by Gasteiger charge is 2.07. The van der Waals surface area contributed by atoms with Crippen molar-refractivity contribution in [1.29, 1.82) is 0 Å². The molecule has 0 bridgehead atoms. The van der Waals surface area contributed by atoms with Crippen LogP contribution in [-0.2, 0) is 4.74 Å². The van der Waals surface area contributed by atoms with Gasteiger partial charge in [0.25, 0.3) is 0 Å². The third-order valence-corrected chi connectivity index (χ3v) is 4.17. The van der Waals surface area contributed by atoms with E-state index in [0.717, 1.165) is 26.8 Å². The van der Waals surface area contributed by atoms with Gasteiger partial charge in [0, 0.05) is 22.2 Å². The number of fused-ring (bicyclic) bond motifs is 1. The molecule has 2 heterocycles. The van der Waals surface area contributed by atoms with E-state index in [4.69, 9.17) is 9.15 Å². The van der Waals surface area contributed by atoms with Gasteiger partial charge in [-0.3, -0.25) is 0 Å². The molecule has 0 aliphatic heterocycles. The van der Waals surface area contributed by atoms with Gasteiger partial charge in [0.05, 0.1) is 7.11 Å². The predicted molar refractivity (Wildman–Crippen MR) is 87.2 cm³/mol. The standard InChI is InChI=1S/C17H15NO2S/c1-11(17-18-8-9-21-17)10-15(19-3)16-12(2)13-6-4-5-7-14(13)20-16/h4-10H,2H2,1,3H3/b11-10+,16-15-. The van der Waals surface area contributed by atoms with Gasteiger partial charge >= 0.3 is 0 Å². The molecule has 0 saturated heterocycles. The lowest BCUT2D eigenvalue weighted by Crippen LogP contribution is -2.21. The van der Waals surface area contributed by atoms with E-state index in [1.807, 2.05) is 42.6 Å². The molecule has 0 radical (unpaired) electrons. The number of nitrogens with zero attached hydrogens (tertiary/aromatic N) is 1. The maximum absolute atomic E-state index is 5.88. The van der Waals surface area contributed by atoms with Gasteiger partial charge in [0.2, 0.25) is 0 Å². The first kappa shape index (κ1) is 13.6. The van der Waals surface area contributed by atoms with Gasteiger partial charge in [-0.05, 0) is 24.6 Å². The molecule has 0 unspecified atom stereocenters. The number of thiazole rings is 1. The summed E-state index contributed by atoms with van der Waals surface area (Å²) in [5.74, 6) is 0.656. The summed E-state index contributed by atoms with van der Waals surface area (Å²) in [6.45, 7) is 6.11. The van der Waals surface area contributed by atoms with Crippen molar-refractivity contribution >= 4 is 40.2 Å². The zero-order valence-corrected chi connectivity index (χ0v) is 12.7. The Balaban J connectivity index is 2.23. The van der Waals surface area contributed by atoms with Crippen LogP contribution in [0.5, 0.6) is 0 Å². The topological polar surface area (TPSA) is 35.3 Å². The van der Waals surface area contributed by atoms with Crippen molar-refractivity contribution in [3.8, 4) is 0 Å². The highest BCUT2D eigenvalue weighted by Crippen LogP contribution is 2.18. The first-order valence-electron chi connectivity index (χ1n) is 6.53. The number of ether oxygens (including phenoxy) is 1. The third kappa shape index (κ3) is 2.50. The quantitative estimate of drug-likeness (QED) is 0.745. The van der Waals surface area contributed by atoms with Crippen LogP contribution in [0.25, 0.3) is 28.9 Å². The minimum Gasteiger partial charge on any atom is -0.493 e. The number of aromatic nitrogens is 1. The molecule has 21 heavy (non-hydrogen) atoms. The molecule has 4 heteroatoms. The zero-order valence-electron chi connectivity index (χ0n) is 11.9. The largest absolute Gasteiger partial charge is 0.493 e. The van der Waals surface area contributed by atoms with Gasteiger partial charge in [-0.15, -0.1) is 11.3 Å². The number of hydrogen-bond acceptors (Lipinski definition) is 4. The van der Waals surface area contributed by atoms with E-state index in [1.165, 1.54) is 0 Å². The van der Waals surface area contributed by atoms with E-state index in [2.05, 4.69) is 11.6 Å². The van der Waals surface area contributed by atoms with Crippen LogP contribution in [0.3, 0.4) is 0 Å². The number of hydrogen-bond donors (Lipinski definition) is 0. The summed E-state index contributed by atoms with van der Waals surface area (Å²) in [6.07, 6.45) is 3.73. The summed E-state index contributed by atoms with van der Waals surface area (Å²) in [5.41, 5.74) is 2.50. The zero-order chi connectivity index (χ0) is 14.8. The Morgan fingerprint density at radius 2 is 2.19 bits per heavy atom. The number of methoxy groups -OCH3 is 1. The van der Waals surface area contributed by atoms with E-state index >= 15 is 0 Å². The van der Waals surface area contributed by atoms with Crippen molar-refractivity contribution in [3.05, 3.63) is 57.6 Å². The number of para-hydroxylation sites is 1. The molecule has 0 aliphatic carbocycles. The molecular formula is C17H15NO2S. The van der Waals surface area contributed by atoms with Crippen molar-refractivity contribution in [2.75, 3.05) is 7.11 Å². The van der Waals surface area contributed by atoms with Crippen molar-refractivity contribution in [1.82, 2.24) is 4.98 Å². The minimum absolute atomic E-state index is 0.656. The van der Waals surface area contributed by atoms with E-state index in [1.54, 1.807) is 24.6 Å². The molecule has 0 aliphatic rings. The van der Waals surface area contributed by atoms with Crippen LogP contribution < -0.4 is 10.6 Å². The summed E-state index contributed by atoms with van der Waals surface area (Å²) in [4.78, 5) is 4.30. The molecule has 0 saturated carbocycles. The Hall–Kier alpha value is -2.33. The molecule has 0 atom stereocenters. The van der Waals surface area contributed by atoms with Crippen LogP contribution in [0.2, 0.25) is 0 Å². The predicted octanol–water partition coefficient (Wildman–Crippen LogP) is 3.16. The van der Waals surface area contributed by atoms with E-state index in [0.29, 0.717) is 11.2 Å². The average Bonchev–Trinajstić information content (AvgIpc) is 3.14. The average molecular weight is 297 g/mol. The number of furan rings is 1. The van der Waals surface area contributed by atoms with Gasteiger partial charge in [-0.1, -0.05) is 24.8 Å². The molecule has 0 amide bonds. The first-order chi connectivity index (χ1) is 10.2. The molecular weight excluding hydrogens is 282 g/mol. The lowest BCUT2D eigenvalue weighted by molar-refractivity contribution is 0.358.